The third-order valence-corrected chi connectivity index (χ3v) is 6.13. The van der Waals surface area contributed by atoms with Crippen LogP contribution in [0.25, 0.3) is 0 Å². The van der Waals surface area contributed by atoms with Crippen LogP contribution in [0.15, 0.2) is 66.7 Å². The monoisotopic (exact) mass is 448 g/mol. The van der Waals surface area contributed by atoms with Crippen LogP contribution in [0, 0.1) is 19.8 Å². The molecule has 0 saturated heterocycles. The summed E-state index contributed by atoms with van der Waals surface area (Å²) in [6, 6.07) is 22.6. The highest BCUT2D eigenvalue weighted by Gasteiger charge is 2.18. The molecule has 0 aromatic heterocycles. The summed E-state index contributed by atoms with van der Waals surface area (Å²) in [6.07, 6.45) is 1.87. The molecule has 0 bridgehead atoms. The second kappa shape index (κ2) is 11.0. The molecule has 32 heavy (non-hydrogen) atoms. The Morgan fingerprint density at radius 3 is 2.28 bits per heavy atom. The van der Waals surface area contributed by atoms with Crippen molar-refractivity contribution < 1.29 is 9.84 Å². The summed E-state index contributed by atoms with van der Waals surface area (Å²) in [5.74, 6) is 0.899. The van der Waals surface area contributed by atoms with E-state index >= 15 is 0 Å². The lowest BCUT2D eigenvalue weighted by molar-refractivity contribution is 0.327. The first kappa shape index (κ1) is 23.6. The summed E-state index contributed by atoms with van der Waals surface area (Å²) >= 11 is 5.41. The fraction of sp³-hybridized carbons (Fsp3) is 0.296. The van der Waals surface area contributed by atoms with E-state index in [1.54, 1.807) is 13.2 Å². The molecule has 0 aliphatic carbocycles. The second-order valence-electron chi connectivity index (χ2n) is 8.40. The Bertz CT molecular complexity index is 1050. The summed E-state index contributed by atoms with van der Waals surface area (Å²) in [4.78, 5) is 2.04. The minimum atomic E-state index is 0.120. The van der Waals surface area contributed by atoms with Crippen molar-refractivity contribution in [2.24, 2.45) is 11.7 Å². The van der Waals surface area contributed by atoms with Crippen LogP contribution in [0.4, 0.5) is 0 Å². The molecular formula is C27H32N2O2S. The summed E-state index contributed by atoms with van der Waals surface area (Å²) in [5, 5.41) is 10.3. The van der Waals surface area contributed by atoms with Gasteiger partial charge in [0.2, 0.25) is 0 Å². The fourth-order valence-electron chi connectivity index (χ4n) is 4.00. The van der Waals surface area contributed by atoms with E-state index in [1.165, 1.54) is 22.3 Å². The van der Waals surface area contributed by atoms with Gasteiger partial charge in [0.15, 0.2) is 16.6 Å². The van der Waals surface area contributed by atoms with Crippen LogP contribution in [0.3, 0.4) is 0 Å². The summed E-state index contributed by atoms with van der Waals surface area (Å²) in [6.45, 7) is 5.59. The molecule has 3 rings (SSSR count). The molecule has 0 aliphatic rings. The number of thiocarbonyl (C=S) groups is 1. The molecule has 3 aromatic carbocycles. The van der Waals surface area contributed by atoms with Crippen molar-refractivity contribution in [1.29, 1.82) is 0 Å². The number of methoxy groups -OCH3 is 1. The van der Waals surface area contributed by atoms with Gasteiger partial charge in [-0.1, -0.05) is 54.6 Å². The van der Waals surface area contributed by atoms with E-state index in [9.17, 15) is 5.11 Å². The van der Waals surface area contributed by atoms with Gasteiger partial charge in [0.1, 0.15) is 0 Å². The fourth-order valence-corrected chi connectivity index (χ4v) is 4.14. The molecule has 1 atom stereocenters. The number of aromatic hydroxyl groups is 1. The minimum Gasteiger partial charge on any atom is -0.504 e. The topological polar surface area (TPSA) is 58.7 Å². The van der Waals surface area contributed by atoms with Crippen molar-refractivity contribution in [3.05, 3.63) is 94.5 Å². The average molecular weight is 449 g/mol. The Labute approximate surface area is 196 Å². The van der Waals surface area contributed by atoms with Gasteiger partial charge in [-0.2, -0.15) is 0 Å². The Kier molecular flexibility index (Phi) is 8.12. The van der Waals surface area contributed by atoms with Gasteiger partial charge in [-0.05, 0) is 84.8 Å². The van der Waals surface area contributed by atoms with Gasteiger partial charge in [0, 0.05) is 13.1 Å². The Morgan fingerprint density at radius 1 is 0.938 bits per heavy atom. The van der Waals surface area contributed by atoms with Gasteiger partial charge in [-0.25, -0.2) is 0 Å². The van der Waals surface area contributed by atoms with E-state index in [4.69, 9.17) is 22.7 Å². The zero-order chi connectivity index (χ0) is 23.1. The van der Waals surface area contributed by atoms with Gasteiger partial charge in [-0.3, -0.25) is 0 Å². The predicted octanol–water partition coefficient (Wildman–Crippen LogP) is 5.16. The number of nitrogens with zero attached hydrogens (tertiary/aromatic N) is 1. The molecule has 0 fully saturated rings. The van der Waals surface area contributed by atoms with Crippen LogP contribution in [0.5, 0.6) is 11.5 Å². The summed E-state index contributed by atoms with van der Waals surface area (Å²) < 4.78 is 5.25. The lowest BCUT2D eigenvalue weighted by atomic mass is 9.90. The molecule has 1 unspecified atom stereocenters. The van der Waals surface area contributed by atoms with E-state index in [0.29, 0.717) is 23.3 Å². The van der Waals surface area contributed by atoms with Crippen LogP contribution in [0.1, 0.15) is 27.8 Å². The van der Waals surface area contributed by atoms with Crippen molar-refractivity contribution in [2.75, 3.05) is 13.7 Å². The Balaban J connectivity index is 1.82. The Hall–Kier alpha value is -3.05. The number of phenols is 1. The molecule has 0 spiro atoms. The first-order chi connectivity index (χ1) is 15.4. The SMILES string of the molecule is COc1cc(CN(CC(Cc2ccccc2)Cc2ccc(C)c(C)c2)C(N)=S)ccc1O. The predicted molar refractivity (Wildman–Crippen MR) is 135 cm³/mol. The number of ether oxygens (including phenoxy) is 1. The molecule has 5 heteroatoms. The quantitative estimate of drug-likeness (QED) is 0.443. The van der Waals surface area contributed by atoms with Crippen molar-refractivity contribution in [3.63, 3.8) is 0 Å². The molecule has 4 nitrogen and oxygen atoms in total. The molecule has 3 aromatic rings. The van der Waals surface area contributed by atoms with E-state index < -0.39 is 0 Å². The van der Waals surface area contributed by atoms with E-state index in [2.05, 4.69) is 56.3 Å². The van der Waals surface area contributed by atoms with Crippen molar-refractivity contribution in [1.82, 2.24) is 4.90 Å². The average Bonchev–Trinajstić information content (AvgIpc) is 2.77. The largest absolute Gasteiger partial charge is 0.504 e. The first-order valence-corrected chi connectivity index (χ1v) is 11.3. The minimum absolute atomic E-state index is 0.120. The number of rotatable bonds is 9. The molecule has 168 valence electrons. The lowest BCUT2D eigenvalue weighted by Gasteiger charge is -2.29. The van der Waals surface area contributed by atoms with Crippen LogP contribution in [-0.2, 0) is 19.4 Å². The Morgan fingerprint density at radius 2 is 1.62 bits per heavy atom. The molecule has 0 heterocycles. The van der Waals surface area contributed by atoms with E-state index in [-0.39, 0.29) is 5.75 Å². The van der Waals surface area contributed by atoms with Crippen LogP contribution in [0.2, 0.25) is 0 Å². The smallest absolute Gasteiger partial charge is 0.166 e. The van der Waals surface area contributed by atoms with Gasteiger partial charge >= 0.3 is 0 Å². The maximum absolute atomic E-state index is 9.90. The number of benzene rings is 3. The first-order valence-electron chi connectivity index (χ1n) is 10.9. The number of nitrogens with two attached hydrogens (primary N) is 1. The number of phenolic OH excluding ortho intramolecular Hbond substituents is 1. The molecule has 3 N–H and O–H groups in total. The maximum atomic E-state index is 9.90. The van der Waals surface area contributed by atoms with Crippen molar-refractivity contribution >= 4 is 17.3 Å². The van der Waals surface area contributed by atoms with E-state index in [1.807, 2.05) is 23.1 Å². The molecule has 0 radical (unpaired) electrons. The lowest BCUT2D eigenvalue weighted by Crippen LogP contribution is -2.39. The van der Waals surface area contributed by atoms with Crippen molar-refractivity contribution in [2.45, 2.75) is 33.2 Å². The van der Waals surface area contributed by atoms with Crippen LogP contribution >= 0.6 is 12.2 Å². The third-order valence-electron chi connectivity index (χ3n) is 5.87. The third kappa shape index (κ3) is 6.47. The molecule has 0 aliphatic heterocycles. The maximum Gasteiger partial charge on any atom is 0.166 e. The summed E-state index contributed by atoms with van der Waals surface area (Å²) in [5.41, 5.74) is 12.4. The van der Waals surface area contributed by atoms with Crippen LogP contribution in [-0.4, -0.2) is 28.8 Å². The van der Waals surface area contributed by atoms with Crippen LogP contribution < -0.4 is 10.5 Å². The zero-order valence-corrected chi connectivity index (χ0v) is 19.9. The number of hydrogen-bond acceptors (Lipinski definition) is 3. The second-order valence-corrected chi connectivity index (χ2v) is 8.82. The van der Waals surface area contributed by atoms with Gasteiger partial charge in [0.05, 0.1) is 7.11 Å². The highest BCUT2D eigenvalue weighted by Crippen LogP contribution is 2.27. The zero-order valence-electron chi connectivity index (χ0n) is 19.0. The highest BCUT2D eigenvalue weighted by atomic mass is 32.1. The standard InChI is InChI=1S/C27H32N2O2S/c1-19-9-10-22(13-20(19)2)15-24(14-21-7-5-4-6-8-21)18-29(27(28)32)17-23-11-12-25(30)26(16-23)31-3/h4-13,16,24,30H,14-15,17-18H2,1-3H3,(H2,28,32). The number of hydrogen-bond donors (Lipinski definition) is 2. The molecular weight excluding hydrogens is 416 g/mol. The summed E-state index contributed by atoms with van der Waals surface area (Å²) in [7, 11) is 1.55. The normalized spacial score (nSPS) is 11.7. The molecule has 0 amide bonds. The van der Waals surface area contributed by atoms with Gasteiger partial charge in [-0.15, -0.1) is 0 Å². The van der Waals surface area contributed by atoms with E-state index in [0.717, 1.165) is 24.9 Å². The van der Waals surface area contributed by atoms with Crippen molar-refractivity contribution in [3.8, 4) is 11.5 Å². The highest BCUT2D eigenvalue weighted by molar-refractivity contribution is 7.80. The molecule has 0 saturated carbocycles. The van der Waals surface area contributed by atoms with Gasteiger partial charge in [0.25, 0.3) is 0 Å². The number of aryl methyl sites for hydroxylation is 2. The van der Waals surface area contributed by atoms with Gasteiger partial charge < -0.3 is 20.5 Å².